The predicted molar refractivity (Wildman–Crippen MR) is 407 cm³/mol. The predicted octanol–water partition coefficient (Wildman–Crippen LogP) is 23.2. The monoisotopic (exact) mass is 1270 g/mol. The second kappa shape index (κ2) is 20.9. The molecule has 0 aliphatic carbocycles. The Morgan fingerprint density at radius 3 is 1.25 bits per heavy atom. The van der Waals surface area contributed by atoms with Crippen molar-refractivity contribution in [2.24, 2.45) is 0 Å². The first-order valence-corrected chi connectivity index (χ1v) is 33.7. The Morgan fingerprint density at radius 2 is 0.650 bits per heavy atom. The Kier molecular flexibility index (Phi) is 11.4. The summed E-state index contributed by atoms with van der Waals surface area (Å²) in [6.07, 6.45) is 0. The van der Waals surface area contributed by atoms with Crippen LogP contribution in [-0.4, -0.2) is 39.0 Å². The fraction of sp³-hybridized carbons (Fsp3) is 0. The van der Waals surface area contributed by atoms with Crippen LogP contribution in [0.4, 0.5) is 0 Å². The molecule has 0 saturated heterocycles. The van der Waals surface area contributed by atoms with E-state index in [1.165, 1.54) is 0 Å². The minimum Gasteiger partial charge on any atom is -0.456 e. The van der Waals surface area contributed by atoms with Gasteiger partial charge in [0, 0.05) is 82.2 Å². The Hall–Kier alpha value is -13.7. The Labute approximate surface area is 569 Å². The first kappa shape index (κ1) is 54.5. The molecule has 0 amide bonds. The van der Waals surface area contributed by atoms with E-state index in [9.17, 15) is 0 Å². The molecule has 100 heavy (non-hydrogen) atoms. The van der Waals surface area contributed by atoms with Crippen LogP contribution in [0.3, 0.4) is 0 Å². The van der Waals surface area contributed by atoms with Gasteiger partial charge in [0.15, 0.2) is 29.1 Å². The molecule has 10 nitrogen and oxygen atoms in total. The van der Waals surface area contributed by atoms with Gasteiger partial charge in [-0.25, -0.2) is 19.9 Å². The van der Waals surface area contributed by atoms with Crippen molar-refractivity contribution in [1.82, 2.24) is 39.0 Å². The van der Waals surface area contributed by atoms with E-state index < -0.39 is 0 Å². The molecule has 0 unspecified atom stereocenters. The summed E-state index contributed by atoms with van der Waals surface area (Å²) in [5, 5.41) is 17.6. The molecular weight excluding hydrogens is 1230 g/mol. The van der Waals surface area contributed by atoms with Crippen molar-refractivity contribution in [3.63, 3.8) is 0 Å². The zero-order valence-corrected chi connectivity index (χ0v) is 53.3. The molecule has 462 valence electrons. The number of aromatic nitrogens is 8. The molecule has 0 fully saturated rings. The molecule has 0 aliphatic heterocycles. The van der Waals surface area contributed by atoms with E-state index in [-0.39, 0.29) is 0 Å². The highest BCUT2D eigenvalue weighted by Crippen LogP contribution is 2.52. The average Bonchev–Trinajstić information content (AvgIpc) is 1.53. The van der Waals surface area contributed by atoms with Crippen molar-refractivity contribution in [3.8, 4) is 90.8 Å². The fourth-order valence-electron chi connectivity index (χ4n) is 16.2. The third-order valence-corrected chi connectivity index (χ3v) is 20.5. The van der Waals surface area contributed by atoms with E-state index >= 15 is 0 Å². The second-order valence-corrected chi connectivity index (χ2v) is 26.0. The van der Waals surface area contributed by atoms with Gasteiger partial charge in [0.2, 0.25) is 5.95 Å². The SMILES string of the molecule is c1ccc(-c2nc(-c3ccccc3)nc(-c3ccc4c(c3)c3cccc5oc6ccc7c(c6c53)c3c4cccc3n7-c3ccc(-c4cc5oc6c(-c7ccccc7)cc7c8c6c5c(c4)c4ccccc4c4cccc(c48)n7-c4nc(-c5ccccc5)nc(-c5ccccc5)n4)cc3)n2)cc1. The summed E-state index contributed by atoms with van der Waals surface area (Å²) >= 11 is 0. The van der Waals surface area contributed by atoms with Crippen LogP contribution in [0.2, 0.25) is 0 Å². The van der Waals surface area contributed by atoms with Gasteiger partial charge in [-0.1, -0.05) is 237 Å². The third kappa shape index (κ3) is 7.95. The lowest BCUT2D eigenvalue weighted by Gasteiger charge is -2.12. The lowest BCUT2D eigenvalue weighted by Crippen LogP contribution is -2.06. The van der Waals surface area contributed by atoms with Crippen molar-refractivity contribution in [3.05, 3.63) is 303 Å². The maximum atomic E-state index is 7.50. The third-order valence-electron chi connectivity index (χ3n) is 20.5. The average molecular weight is 1280 g/mol. The fourth-order valence-corrected chi connectivity index (χ4v) is 16.2. The summed E-state index contributed by atoms with van der Waals surface area (Å²) in [5.74, 6) is 3.54. The van der Waals surface area contributed by atoms with Crippen LogP contribution in [0.5, 0.6) is 0 Å². The van der Waals surface area contributed by atoms with Gasteiger partial charge in [-0.15, -0.1) is 0 Å². The van der Waals surface area contributed by atoms with E-state index in [4.69, 9.17) is 38.7 Å². The number of nitrogens with zero attached hydrogens (tertiary/aromatic N) is 8. The molecule has 22 aromatic rings. The molecule has 0 aliphatic rings. The molecule has 10 heteroatoms. The quantitative estimate of drug-likeness (QED) is 0.140. The van der Waals surface area contributed by atoms with E-state index in [2.05, 4.69) is 215 Å². The molecule has 6 aromatic heterocycles. The molecule has 0 spiro atoms. The summed E-state index contributed by atoms with van der Waals surface area (Å²) in [6, 6.07) is 107. The van der Waals surface area contributed by atoms with Gasteiger partial charge in [0.1, 0.15) is 22.3 Å². The molecule has 0 atom stereocenters. The van der Waals surface area contributed by atoms with Crippen LogP contribution in [0, 0.1) is 0 Å². The number of benzene rings is 14. The minimum absolute atomic E-state index is 0.528. The van der Waals surface area contributed by atoms with Crippen molar-refractivity contribution >= 4 is 131 Å². The Balaban J connectivity index is 0.748. The summed E-state index contributed by atoms with van der Waals surface area (Å²) in [5.41, 5.74) is 17.1. The minimum atomic E-state index is 0.528. The van der Waals surface area contributed by atoms with Crippen molar-refractivity contribution in [2.75, 3.05) is 0 Å². The maximum absolute atomic E-state index is 7.50. The summed E-state index contributed by atoms with van der Waals surface area (Å²) in [6.45, 7) is 0. The normalized spacial score (nSPS) is 12.2. The highest BCUT2D eigenvalue weighted by atomic mass is 16.3. The van der Waals surface area contributed by atoms with Crippen LogP contribution in [0.15, 0.2) is 312 Å². The van der Waals surface area contributed by atoms with Crippen LogP contribution in [-0.2, 0) is 0 Å². The van der Waals surface area contributed by atoms with Gasteiger partial charge in [-0.2, -0.15) is 9.97 Å². The number of hydrogen-bond acceptors (Lipinski definition) is 8. The molecule has 6 heterocycles. The molecule has 16 aromatic carbocycles. The van der Waals surface area contributed by atoms with Gasteiger partial charge in [0.25, 0.3) is 0 Å². The number of rotatable bonds is 9. The highest BCUT2D eigenvalue weighted by Gasteiger charge is 2.29. The van der Waals surface area contributed by atoms with Crippen LogP contribution in [0.1, 0.15) is 0 Å². The number of hydrogen-bond donors (Lipinski definition) is 0. The van der Waals surface area contributed by atoms with Gasteiger partial charge in [0.05, 0.1) is 22.1 Å². The summed E-state index contributed by atoms with van der Waals surface area (Å²) < 4.78 is 19.1. The second-order valence-electron chi connectivity index (χ2n) is 26.0. The summed E-state index contributed by atoms with van der Waals surface area (Å²) in [4.78, 5) is 31.3. The van der Waals surface area contributed by atoms with Crippen molar-refractivity contribution in [2.45, 2.75) is 0 Å². The topological polar surface area (TPSA) is 113 Å². The van der Waals surface area contributed by atoms with Crippen LogP contribution >= 0.6 is 0 Å². The first-order chi connectivity index (χ1) is 49.6. The van der Waals surface area contributed by atoms with Gasteiger partial charge < -0.3 is 13.4 Å². The standard InChI is InChI=1S/C90H50N8O2/c1-6-21-52(22-7-1)66-50-72-81-77-63(33-19-37-70(77)98(72)90-95-87(55-27-12-4-13-28-55)94-88(96-90)56-29-14-5-15-30-56)60-31-16-17-32-61(60)68-48-58(49-75-79(68)83(81)84(66)100-75)51-39-42-59(43-40-51)97-69-36-18-34-64-62-44-41-57(89-92-85(53-23-8-2-9-24-53)91-86(93-89)54-25-10-3-11-26-54)47-67(62)65-35-20-38-73-78(65)82-74(99-73)46-45-71(97)80(82)76(64)69/h1-50H. The van der Waals surface area contributed by atoms with Gasteiger partial charge >= 0.3 is 0 Å². The van der Waals surface area contributed by atoms with Gasteiger partial charge in [-0.05, 0) is 127 Å². The Bertz CT molecular complexity index is 6990. The van der Waals surface area contributed by atoms with E-state index in [0.29, 0.717) is 35.1 Å². The molecule has 22 rings (SSSR count). The molecule has 0 saturated carbocycles. The smallest absolute Gasteiger partial charge is 0.238 e. The molecular formula is C90H50N8O2. The highest BCUT2D eigenvalue weighted by molar-refractivity contribution is 6.41. The summed E-state index contributed by atoms with van der Waals surface area (Å²) in [7, 11) is 0. The molecule has 0 N–H and O–H groups in total. The lowest BCUT2D eigenvalue weighted by atomic mass is 9.91. The van der Waals surface area contributed by atoms with Crippen LogP contribution in [0.25, 0.3) is 221 Å². The first-order valence-electron chi connectivity index (χ1n) is 33.7. The van der Waals surface area contributed by atoms with Crippen molar-refractivity contribution < 1.29 is 8.83 Å². The number of fused-ring (bicyclic) bond motifs is 6. The van der Waals surface area contributed by atoms with E-state index in [1.54, 1.807) is 0 Å². The largest absolute Gasteiger partial charge is 0.456 e. The number of furan rings is 2. The van der Waals surface area contributed by atoms with Gasteiger partial charge in [-0.3, -0.25) is 4.57 Å². The maximum Gasteiger partial charge on any atom is 0.238 e. The Morgan fingerprint density at radius 1 is 0.210 bits per heavy atom. The molecule has 0 bridgehead atoms. The van der Waals surface area contributed by atoms with E-state index in [1.807, 2.05) is 97.1 Å². The van der Waals surface area contributed by atoms with Crippen molar-refractivity contribution in [1.29, 1.82) is 0 Å². The zero-order valence-electron chi connectivity index (χ0n) is 53.3. The van der Waals surface area contributed by atoms with E-state index in [0.717, 1.165) is 186 Å². The van der Waals surface area contributed by atoms with Crippen LogP contribution < -0.4 is 0 Å². The molecule has 0 radical (unpaired) electrons. The lowest BCUT2D eigenvalue weighted by molar-refractivity contribution is 0.669. The zero-order chi connectivity index (χ0) is 65.3.